The molecule has 2 fully saturated rings. The number of carbonyl (C=O) groups excluding carboxylic acids is 1. The summed E-state index contributed by atoms with van der Waals surface area (Å²) >= 11 is 0. The summed E-state index contributed by atoms with van der Waals surface area (Å²) < 4.78 is 0. The van der Waals surface area contributed by atoms with Gasteiger partial charge in [0.25, 0.3) is 0 Å². The lowest BCUT2D eigenvalue weighted by Gasteiger charge is -2.23. The van der Waals surface area contributed by atoms with E-state index in [4.69, 9.17) is 0 Å². The van der Waals surface area contributed by atoms with E-state index in [9.17, 15) is 14.7 Å². The Hall–Kier alpha value is -2.37. The van der Waals surface area contributed by atoms with Gasteiger partial charge in [0.2, 0.25) is 5.91 Å². The topological polar surface area (TPSA) is 69.6 Å². The molecule has 29 heavy (non-hydrogen) atoms. The molecule has 0 bridgehead atoms. The third kappa shape index (κ3) is 4.46. The van der Waals surface area contributed by atoms with Crippen LogP contribution in [-0.4, -0.2) is 41.5 Å². The van der Waals surface area contributed by atoms with E-state index < -0.39 is 11.4 Å². The fourth-order valence-electron chi connectivity index (χ4n) is 4.87. The van der Waals surface area contributed by atoms with Crippen molar-refractivity contribution >= 4 is 30.0 Å². The molecule has 2 aromatic carbocycles. The monoisotopic (exact) mass is 414 g/mol. The summed E-state index contributed by atoms with van der Waals surface area (Å²) in [4.78, 5) is 26.5. The number of para-hydroxylation sites is 1. The van der Waals surface area contributed by atoms with Crippen LogP contribution in [0.1, 0.15) is 30.4 Å². The fourth-order valence-corrected chi connectivity index (χ4v) is 4.87. The van der Waals surface area contributed by atoms with Gasteiger partial charge in [-0.15, -0.1) is 12.4 Å². The van der Waals surface area contributed by atoms with Crippen LogP contribution in [0.2, 0.25) is 0 Å². The van der Waals surface area contributed by atoms with Crippen LogP contribution in [0.5, 0.6) is 0 Å². The first-order valence-electron chi connectivity index (χ1n) is 9.94. The number of hydrogen-bond donors (Lipinski definition) is 2. The quantitative estimate of drug-likeness (QED) is 0.753. The normalized spacial score (nSPS) is 23.2. The third-order valence-corrected chi connectivity index (χ3v) is 6.26. The minimum atomic E-state index is -0.703. The van der Waals surface area contributed by atoms with Gasteiger partial charge in [-0.25, -0.2) is 0 Å². The van der Waals surface area contributed by atoms with Crippen LogP contribution < -0.4 is 5.32 Å². The molecule has 2 N–H and O–H groups in total. The smallest absolute Gasteiger partial charge is 0.311 e. The van der Waals surface area contributed by atoms with E-state index in [-0.39, 0.29) is 30.8 Å². The van der Waals surface area contributed by atoms with Gasteiger partial charge < -0.3 is 10.4 Å². The number of rotatable bonds is 6. The maximum Gasteiger partial charge on any atom is 0.311 e. The van der Waals surface area contributed by atoms with Crippen molar-refractivity contribution < 1.29 is 14.7 Å². The van der Waals surface area contributed by atoms with Gasteiger partial charge >= 0.3 is 5.97 Å². The van der Waals surface area contributed by atoms with Gasteiger partial charge in [0.1, 0.15) is 0 Å². The molecule has 154 valence electrons. The molecule has 2 atom stereocenters. The van der Waals surface area contributed by atoms with Gasteiger partial charge in [0.15, 0.2) is 0 Å². The molecule has 6 heteroatoms. The van der Waals surface area contributed by atoms with Gasteiger partial charge in [-0.3, -0.25) is 14.5 Å². The molecule has 1 heterocycles. The number of anilines is 1. The molecule has 1 aliphatic heterocycles. The highest BCUT2D eigenvalue weighted by Gasteiger charge is 2.54. The van der Waals surface area contributed by atoms with Crippen molar-refractivity contribution in [3.63, 3.8) is 0 Å². The van der Waals surface area contributed by atoms with Crippen molar-refractivity contribution in [3.05, 3.63) is 65.7 Å². The Morgan fingerprint density at radius 2 is 1.83 bits per heavy atom. The van der Waals surface area contributed by atoms with Crippen molar-refractivity contribution in [3.8, 4) is 0 Å². The molecule has 1 amide bonds. The van der Waals surface area contributed by atoms with Crippen LogP contribution in [0.4, 0.5) is 5.69 Å². The lowest BCUT2D eigenvalue weighted by molar-refractivity contribution is -0.149. The number of amides is 1. The zero-order valence-electron chi connectivity index (χ0n) is 16.3. The number of aliphatic carboxylic acids is 1. The van der Waals surface area contributed by atoms with Crippen LogP contribution in [0, 0.1) is 11.3 Å². The molecule has 1 saturated heterocycles. The molecule has 0 spiro atoms. The summed E-state index contributed by atoms with van der Waals surface area (Å²) in [5, 5.41) is 12.7. The van der Waals surface area contributed by atoms with E-state index in [2.05, 4.69) is 17.4 Å². The largest absolute Gasteiger partial charge is 0.481 e. The molecule has 4 rings (SSSR count). The zero-order valence-corrected chi connectivity index (χ0v) is 17.2. The average molecular weight is 415 g/mol. The number of carbonyl (C=O) groups is 2. The van der Waals surface area contributed by atoms with E-state index in [0.717, 1.165) is 36.9 Å². The number of carboxylic acid groups (broad SMARTS) is 1. The van der Waals surface area contributed by atoms with E-state index in [1.54, 1.807) is 0 Å². The summed E-state index contributed by atoms with van der Waals surface area (Å²) in [6, 6.07) is 18.0. The second-order valence-electron chi connectivity index (χ2n) is 8.09. The van der Waals surface area contributed by atoms with Crippen LogP contribution in [-0.2, 0) is 16.0 Å². The van der Waals surface area contributed by atoms with Gasteiger partial charge in [-0.05, 0) is 42.4 Å². The minimum absolute atomic E-state index is 0. The third-order valence-electron chi connectivity index (χ3n) is 6.26. The number of likely N-dealkylation sites (tertiary alicyclic amines) is 1. The van der Waals surface area contributed by atoms with Crippen molar-refractivity contribution in [2.75, 3.05) is 25.0 Å². The van der Waals surface area contributed by atoms with E-state index in [1.807, 2.05) is 47.4 Å². The first-order valence-corrected chi connectivity index (χ1v) is 9.94. The molecule has 2 aliphatic rings. The Kier molecular flexibility index (Phi) is 6.60. The predicted molar refractivity (Wildman–Crippen MR) is 115 cm³/mol. The molecule has 0 radical (unpaired) electrons. The van der Waals surface area contributed by atoms with Crippen molar-refractivity contribution in [2.45, 2.75) is 25.7 Å². The summed E-state index contributed by atoms with van der Waals surface area (Å²) in [6.07, 6.45) is 3.41. The number of nitrogens with zero attached hydrogens (tertiary/aromatic N) is 1. The van der Waals surface area contributed by atoms with Gasteiger partial charge in [-0.2, -0.15) is 0 Å². The summed E-state index contributed by atoms with van der Waals surface area (Å²) in [5.41, 5.74) is 2.44. The van der Waals surface area contributed by atoms with Crippen molar-refractivity contribution in [1.82, 2.24) is 4.90 Å². The van der Waals surface area contributed by atoms with E-state index in [1.165, 1.54) is 5.56 Å². The fraction of sp³-hybridized carbons (Fsp3) is 0.391. The molecular weight excluding hydrogens is 388 g/mol. The maximum atomic E-state index is 12.7. The molecule has 5 nitrogen and oxygen atoms in total. The Bertz CT molecular complexity index is 873. The van der Waals surface area contributed by atoms with Crippen molar-refractivity contribution in [2.24, 2.45) is 11.3 Å². The highest BCUT2D eigenvalue weighted by atomic mass is 35.5. The Balaban J connectivity index is 0.00000240. The summed E-state index contributed by atoms with van der Waals surface area (Å²) in [6.45, 7) is 1.42. The zero-order chi connectivity index (χ0) is 19.6. The molecule has 0 aromatic heterocycles. The van der Waals surface area contributed by atoms with Crippen LogP contribution in [0.25, 0.3) is 0 Å². The molecule has 0 unspecified atom stereocenters. The second kappa shape index (κ2) is 8.97. The number of carboxylic acids is 1. The SMILES string of the molecule is Cl.O=C(CN1C[C@@H]2CCC[C@@]2(C(=O)O)C1)Nc1ccccc1Cc1ccccc1. The predicted octanol–water partition coefficient (Wildman–Crippen LogP) is 3.82. The average Bonchev–Trinajstić information content (AvgIpc) is 3.22. The van der Waals surface area contributed by atoms with Crippen molar-refractivity contribution in [1.29, 1.82) is 0 Å². The van der Waals surface area contributed by atoms with E-state index in [0.29, 0.717) is 13.1 Å². The highest BCUT2D eigenvalue weighted by Crippen LogP contribution is 2.48. The van der Waals surface area contributed by atoms with Crippen LogP contribution in [0.3, 0.4) is 0 Å². The summed E-state index contributed by atoms with van der Waals surface area (Å²) in [7, 11) is 0. The summed E-state index contributed by atoms with van der Waals surface area (Å²) in [5.74, 6) is -0.615. The highest BCUT2D eigenvalue weighted by molar-refractivity contribution is 5.93. The Morgan fingerprint density at radius 1 is 1.10 bits per heavy atom. The van der Waals surface area contributed by atoms with Gasteiger partial charge in [0.05, 0.1) is 12.0 Å². The standard InChI is InChI=1S/C23H26N2O3.ClH/c26-21(15-25-14-19-10-6-12-23(19,16-25)22(27)28)24-20-11-5-4-9-18(20)13-17-7-2-1-3-8-17;/h1-5,7-9,11,19H,6,10,12-16H2,(H,24,26)(H,27,28);1H/t19-,23+;/m0./s1. The first kappa shape index (κ1) is 21.3. The second-order valence-corrected chi connectivity index (χ2v) is 8.09. The Morgan fingerprint density at radius 3 is 2.55 bits per heavy atom. The van der Waals surface area contributed by atoms with Gasteiger partial charge in [-0.1, -0.05) is 55.0 Å². The molecule has 2 aromatic rings. The molecular formula is C23H27ClN2O3. The maximum absolute atomic E-state index is 12.7. The first-order chi connectivity index (χ1) is 13.6. The number of benzene rings is 2. The Labute approximate surface area is 177 Å². The van der Waals surface area contributed by atoms with Gasteiger partial charge in [0, 0.05) is 18.8 Å². The number of hydrogen-bond acceptors (Lipinski definition) is 3. The van der Waals surface area contributed by atoms with E-state index >= 15 is 0 Å². The lowest BCUT2D eigenvalue weighted by atomic mass is 9.81. The number of halogens is 1. The number of nitrogens with one attached hydrogen (secondary N) is 1. The number of fused-ring (bicyclic) bond motifs is 1. The van der Waals surface area contributed by atoms with Crippen LogP contribution >= 0.6 is 12.4 Å². The lowest BCUT2D eigenvalue weighted by Crippen LogP contribution is -2.37. The molecule has 1 saturated carbocycles. The minimum Gasteiger partial charge on any atom is -0.481 e. The van der Waals surface area contributed by atoms with Crippen LogP contribution in [0.15, 0.2) is 54.6 Å². The molecule has 1 aliphatic carbocycles.